The Hall–Kier alpha value is -2.89. The van der Waals surface area contributed by atoms with Crippen molar-refractivity contribution < 1.29 is 14.4 Å². The van der Waals surface area contributed by atoms with Gasteiger partial charge < -0.3 is 27.0 Å². The summed E-state index contributed by atoms with van der Waals surface area (Å²) < 4.78 is 0. The first kappa shape index (κ1) is 53.1. The monoisotopic (exact) mass is 802 g/mol. The van der Waals surface area contributed by atoms with Crippen molar-refractivity contribution in [1.29, 1.82) is 0 Å². The van der Waals surface area contributed by atoms with Crippen molar-refractivity contribution >= 4 is 34.5 Å². The van der Waals surface area contributed by atoms with Gasteiger partial charge in [-0.1, -0.05) is 106 Å². The van der Waals surface area contributed by atoms with Gasteiger partial charge in [0.25, 0.3) is 0 Å². The Bertz CT molecular complexity index is 1230. The number of allylic oxidation sites excluding steroid dienone is 3. The van der Waals surface area contributed by atoms with Crippen LogP contribution in [0.2, 0.25) is 0 Å². The fraction of sp³-hybridized carbons (Fsp3) is 0.733. The maximum atomic E-state index is 13.1. The van der Waals surface area contributed by atoms with E-state index in [-0.39, 0.29) is 23.8 Å². The lowest BCUT2D eigenvalue weighted by atomic mass is 9.83. The fourth-order valence-electron chi connectivity index (χ4n) is 6.15. The topological polar surface area (TPSA) is 146 Å². The van der Waals surface area contributed by atoms with Crippen LogP contribution in [-0.2, 0) is 14.4 Å². The molecule has 0 aromatic carbocycles. The average molecular weight is 802 g/mol. The summed E-state index contributed by atoms with van der Waals surface area (Å²) in [6.45, 7) is 28.5. The first-order chi connectivity index (χ1) is 26.6. The number of likely N-dealkylation sites (N-methyl/N-ethyl adjacent to an activating group) is 1. The third kappa shape index (κ3) is 26.1. The molecule has 1 aliphatic carbocycles. The number of amides is 3. The Morgan fingerprint density at radius 1 is 1.02 bits per heavy atom. The van der Waals surface area contributed by atoms with Crippen molar-refractivity contribution in [3.63, 3.8) is 0 Å². The van der Waals surface area contributed by atoms with E-state index in [1.807, 2.05) is 44.7 Å². The van der Waals surface area contributed by atoms with Gasteiger partial charge in [0.05, 0.1) is 11.6 Å². The minimum absolute atomic E-state index is 0.0166. The molecular formula is C45H83N7O3S. The van der Waals surface area contributed by atoms with Gasteiger partial charge in [-0.2, -0.15) is 0 Å². The van der Waals surface area contributed by atoms with E-state index in [1.165, 1.54) is 19.3 Å². The van der Waals surface area contributed by atoms with Crippen molar-refractivity contribution in [2.45, 2.75) is 126 Å². The molecule has 6 N–H and O–H groups in total. The summed E-state index contributed by atoms with van der Waals surface area (Å²) in [5.41, 5.74) is 11.4. The van der Waals surface area contributed by atoms with Crippen LogP contribution in [0.4, 0.5) is 0 Å². The number of piperazine rings is 1. The molecule has 56 heavy (non-hydrogen) atoms. The summed E-state index contributed by atoms with van der Waals surface area (Å²) in [6.07, 6.45) is 19.1. The molecule has 1 saturated carbocycles. The summed E-state index contributed by atoms with van der Waals surface area (Å²) >= 11 is 1.81. The Labute approximate surface area is 347 Å². The van der Waals surface area contributed by atoms with Crippen molar-refractivity contribution in [3.8, 4) is 0 Å². The number of aliphatic imine (C=N–C) groups is 1. The van der Waals surface area contributed by atoms with Crippen molar-refractivity contribution in [1.82, 2.24) is 20.4 Å². The van der Waals surface area contributed by atoms with E-state index in [2.05, 4.69) is 92.6 Å². The third-order valence-electron chi connectivity index (χ3n) is 10.6. The standard InChI is InChI=1S/C31H53N5O2S.C9H17N.C3H7NO.C2H6/c1-24(2)26-11-8-16-32-30(39-22-15-26)13-12-29(37)34-28(27-9-6-5-7-10-27)23-33-31(38)25(3)14-17-36-20-18-35(4)19-21-36;1-7(2)8(3)5-6-9(4)10;1-2-3(4)5;1-2/h8,11,14,24,26-28H,5-7,9-10,12-13,15-23H2,1-4H3,(H,33,38)(H,34,37);5-8H,4,10H2,1-3H3;2H2,1H3,(H2,4,5);1-2H3/b11-8-,25-14+,32-30?;6-5-;;. The normalized spacial score (nSPS) is 20.2. The molecular weight excluding hydrogens is 719 g/mol. The number of carbonyl (C=O) groups is 3. The first-order valence-electron chi connectivity index (χ1n) is 21.5. The number of primary amides is 1. The fourth-order valence-corrected chi connectivity index (χ4v) is 7.19. The molecule has 0 bridgehead atoms. The van der Waals surface area contributed by atoms with Crippen LogP contribution in [0.3, 0.4) is 0 Å². The summed E-state index contributed by atoms with van der Waals surface area (Å²) in [7, 11) is 2.15. The number of nitrogens with zero attached hydrogens (tertiary/aromatic N) is 3. The van der Waals surface area contributed by atoms with Gasteiger partial charge in [0.2, 0.25) is 17.7 Å². The smallest absolute Gasteiger partial charge is 0.246 e. The number of nitrogens with two attached hydrogens (primary N) is 2. The first-order valence-corrected chi connectivity index (χ1v) is 22.5. The number of hydrogen-bond acceptors (Lipinski definition) is 8. The van der Waals surface area contributed by atoms with Gasteiger partial charge in [0.1, 0.15) is 0 Å². The van der Waals surface area contributed by atoms with E-state index in [9.17, 15) is 14.4 Å². The van der Waals surface area contributed by atoms with Crippen molar-refractivity contribution in [2.75, 3.05) is 58.6 Å². The number of hydrogen-bond donors (Lipinski definition) is 4. The molecule has 0 aromatic rings. The van der Waals surface area contributed by atoms with E-state index < -0.39 is 0 Å². The Kier molecular flexibility index (Phi) is 30.5. The predicted octanol–water partition coefficient (Wildman–Crippen LogP) is 7.72. The highest BCUT2D eigenvalue weighted by molar-refractivity contribution is 8.13. The summed E-state index contributed by atoms with van der Waals surface area (Å²) in [5, 5.41) is 7.53. The zero-order chi connectivity index (χ0) is 42.5. The molecule has 2 aliphatic heterocycles. The molecule has 10 nitrogen and oxygen atoms in total. The second-order valence-corrected chi connectivity index (χ2v) is 17.0. The van der Waals surface area contributed by atoms with Crippen LogP contribution >= 0.6 is 11.8 Å². The molecule has 322 valence electrons. The Balaban J connectivity index is 0.00000149. The number of carbonyl (C=O) groups excluding carboxylic acids is 3. The molecule has 0 spiro atoms. The molecule has 3 unspecified atom stereocenters. The SMILES string of the molecule is C/C(=C\CN1CCN(C)CC1)C(=O)NCC(NC(=O)CCC1=NC/C=C\C(C(C)C)CCS1)C1CCCCC1.C=C(N)/C=C\C(C)C(C)C.CC.CCC(N)=O. The third-order valence-corrected chi connectivity index (χ3v) is 11.7. The largest absolute Gasteiger partial charge is 0.399 e. The molecule has 0 radical (unpaired) electrons. The van der Waals surface area contributed by atoms with Gasteiger partial charge >= 0.3 is 0 Å². The van der Waals surface area contributed by atoms with Crippen LogP contribution in [0.15, 0.2) is 53.2 Å². The second-order valence-electron chi connectivity index (χ2n) is 15.8. The van der Waals surface area contributed by atoms with Crippen LogP contribution in [0.1, 0.15) is 120 Å². The summed E-state index contributed by atoms with van der Waals surface area (Å²) in [4.78, 5) is 45.0. The van der Waals surface area contributed by atoms with Crippen LogP contribution in [-0.4, -0.2) is 97.2 Å². The molecule has 11 heteroatoms. The zero-order valence-corrected chi connectivity index (χ0v) is 38.0. The maximum absolute atomic E-state index is 13.1. The lowest BCUT2D eigenvalue weighted by Gasteiger charge is -2.32. The molecule has 3 atom stereocenters. The quantitative estimate of drug-likeness (QED) is 0.0754. The Morgan fingerprint density at radius 2 is 1.64 bits per heavy atom. The number of rotatable bonds is 15. The maximum Gasteiger partial charge on any atom is 0.246 e. The van der Waals surface area contributed by atoms with Gasteiger partial charge in [0.15, 0.2) is 0 Å². The lowest BCUT2D eigenvalue weighted by Crippen LogP contribution is -2.48. The lowest BCUT2D eigenvalue weighted by molar-refractivity contribution is -0.123. The molecule has 2 fully saturated rings. The van der Waals surface area contributed by atoms with Crippen LogP contribution in [0, 0.1) is 29.6 Å². The van der Waals surface area contributed by atoms with Gasteiger partial charge in [0, 0.05) is 75.8 Å². The second kappa shape index (κ2) is 32.1. The van der Waals surface area contributed by atoms with E-state index in [0.29, 0.717) is 67.6 Å². The number of thioether (sulfide) groups is 1. The van der Waals surface area contributed by atoms with E-state index in [1.54, 1.807) is 6.92 Å². The van der Waals surface area contributed by atoms with Crippen LogP contribution in [0.25, 0.3) is 0 Å². The van der Waals surface area contributed by atoms with Crippen LogP contribution in [0.5, 0.6) is 0 Å². The summed E-state index contributed by atoms with van der Waals surface area (Å²) in [6, 6.07) is -0.0166. The highest BCUT2D eigenvalue weighted by atomic mass is 32.2. The van der Waals surface area contributed by atoms with Gasteiger partial charge in [-0.3, -0.25) is 24.3 Å². The van der Waals surface area contributed by atoms with Crippen LogP contribution < -0.4 is 22.1 Å². The van der Waals surface area contributed by atoms with E-state index >= 15 is 0 Å². The zero-order valence-electron chi connectivity index (χ0n) is 37.2. The molecule has 3 rings (SSSR count). The van der Waals surface area contributed by atoms with Crippen molar-refractivity contribution in [2.24, 2.45) is 46.0 Å². The van der Waals surface area contributed by atoms with Gasteiger partial charge in [-0.25, -0.2) is 0 Å². The summed E-state index contributed by atoms with van der Waals surface area (Å²) in [5.74, 6) is 3.78. The predicted molar refractivity (Wildman–Crippen MR) is 243 cm³/mol. The highest BCUT2D eigenvalue weighted by Crippen LogP contribution is 2.27. The Morgan fingerprint density at radius 3 is 2.20 bits per heavy atom. The van der Waals surface area contributed by atoms with Gasteiger partial charge in [-0.05, 0) is 74.7 Å². The minimum Gasteiger partial charge on any atom is -0.399 e. The van der Waals surface area contributed by atoms with E-state index in [0.717, 1.165) is 68.4 Å². The molecule has 0 aromatic heterocycles. The molecule has 1 saturated heterocycles. The highest BCUT2D eigenvalue weighted by Gasteiger charge is 2.26. The average Bonchev–Trinajstić information content (AvgIpc) is 3.31. The van der Waals surface area contributed by atoms with Gasteiger partial charge in [-0.15, -0.1) is 11.8 Å². The molecule has 2 heterocycles. The van der Waals surface area contributed by atoms with Crippen molar-refractivity contribution in [3.05, 3.63) is 48.2 Å². The van der Waals surface area contributed by atoms with E-state index in [4.69, 9.17) is 10.7 Å². The number of nitrogens with one attached hydrogen (secondary N) is 2. The minimum atomic E-state index is -0.245. The molecule has 3 aliphatic rings. The molecule has 3 amide bonds.